The van der Waals surface area contributed by atoms with Gasteiger partial charge in [0.15, 0.2) is 0 Å². The van der Waals surface area contributed by atoms with Crippen LogP contribution < -0.4 is 58.2 Å². The SMILES string of the molecule is C=C1[N-]C2CCCC2S1.[Rb+]. The van der Waals surface area contributed by atoms with Crippen LogP contribution in [0.4, 0.5) is 0 Å². The van der Waals surface area contributed by atoms with Crippen LogP contribution in [0.15, 0.2) is 11.6 Å². The van der Waals surface area contributed by atoms with Crippen molar-refractivity contribution in [1.29, 1.82) is 0 Å². The van der Waals surface area contributed by atoms with Crippen molar-refractivity contribution in [2.75, 3.05) is 0 Å². The van der Waals surface area contributed by atoms with Crippen molar-refractivity contribution in [3.05, 3.63) is 16.9 Å². The third-order valence-electron chi connectivity index (χ3n) is 2.01. The minimum absolute atomic E-state index is 0. The van der Waals surface area contributed by atoms with Gasteiger partial charge >= 0.3 is 58.2 Å². The summed E-state index contributed by atoms with van der Waals surface area (Å²) in [4.78, 5) is 0. The Kier molecular flexibility index (Phi) is 3.99. The summed E-state index contributed by atoms with van der Waals surface area (Å²) in [6.07, 6.45) is 4.04. The summed E-state index contributed by atoms with van der Waals surface area (Å²) in [7, 11) is 0. The zero-order valence-corrected chi connectivity index (χ0v) is 12.1. The number of nitrogens with zero attached hydrogens (tertiary/aromatic N) is 1. The van der Waals surface area contributed by atoms with E-state index in [1.54, 1.807) is 0 Å². The second-order valence-corrected chi connectivity index (χ2v) is 3.99. The van der Waals surface area contributed by atoms with E-state index in [9.17, 15) is 0 Å². The minimum Gasteiger partial charge on any atom is -0.676 e. The molecule has 1 aliphatic heterocycles. The molecule has 0 spiro atoms. The Hall–Kier alpha value is 1.70. The largest absolute Gasteiger partial charge is 1.00 e. The van der Waals surface area contributed by atoms with Crippen LogP contribution in [0.5, 0.6) is 0 Å². The quantitative estimate of drug-likeness (QED) is 0.543. The molecule has 1 saturated heterocycles. The third-order valence-corrected chi connectivity index (χ3v) is 3.25. The molecule has 2 aliphatic rings. The van der Waals surface area contributed by atoms with Gasteiger partial charge in [-0.15, -0.1) is 29.4 Å². The predicted octanol–water partition coefficient (Wildman–Crippen LogP) is -0.497. The van der Waals surface area contributed by atoms with Crippen LogP contribution >= 0.6 is 11.8 Å². The van der Waals surface area contributed by atoms with Crippen molar-refractivity contribution in [2.45, 2.75) is 30.6 Å². The smallest absolute Gasteiger partial charge is 0.676 e. The fraction of sp³-hybridized carbons (Fsp3) is 0.714. The summed E-state index contributed by atoms with van der Waals surface area (Å²) in [5, 5.41) is 6.28. The molecule has 1 nitrogen and oxygen atoms in total. The summed E-state index contributed by atoms with van der Waals surface area (Å²) in [5.74, 6) is 0. The standard InChI is InChI=1S/C7H10NS.Rb/c1-5-8-6-3-2-4-7(6)9-5;/h6-7H,1-4H2;/q-1;+1. The Labute approximate surface area is 115 Å². The fourth-order valence-electron chi connectivity index (χ4n) is 1.58. The molecule has 2 fully saturated rings. The molecule has 1 aliphatic carbocycles. The molecule has 3 heteroatoms. The fourth-order valence-corrected chi connectivity index (χ4v) is 2.77. The second kappa shape index (κ2) is 4.08. The van der Waals surface area contributed by atoms with E-state index in [1.165, 1.54) is 19.3 Å². The minimum atomic E-state index is 0. The number of thioether (sulfide) groups is 1. The zero-order valence-electron chi connectivity index (χ0n) is 6.34. The third kappa shape index (κ3) is 1.89. The monoisotopic (exact) mass is 225 g/mol. The first-order chi connectivity index (χ1) is 4.36. The molecule has 0 bridgehead atoms. The van der Waals surface area contributed by atoms with E-state index in [0.29, 0.717) is 6.04 Å². The molecule has 2 rings (SSSR count). The topological polar surface area (TPSA) is 14.1 Å². The summed E-state index contributed by atoms with van der Waals surface area (Å²) in [5.41, 5.74) is 0. The predicted molar refractivity (Wildman–Crippen MR) is 41.5 cm³/mol. The van der Waals surface area contributed by atoms with E-state index in [4.69, 9.17) is 0 Å². The van der Waals surface area contributed by atoms with Gasteiger partial charge in [-0.25, -0.2) is 0 Å². The number of hydrogen-bond acceptors (Lipinski definition) is 1. The molecular weight excluding hydrogens is 216 g/mol. The molecule has 0 aromatic carbocycles. The Morgan fingerprint density at radius 1 is 1.50 bits per heavy atom. The molecule has 2 unspecified atom stereocenters. The molecule has 10 heavy (non-hydrogen) atoms. The molecule has 0 N–H and O–H groups in total. The number of rotatable bonds is 0. The molecule has 1 heterocycles. The van der Waals surface area contributed by atoms with Gasteiger partial charge in [0.2, 0.25) is 0 Å². The Morgan fingerprint density at radius 3 is 3.00 bits per heavy atom. The molecule has 2 atom stereocenters. The average molecular weight is 226 g/mol. The van der Waals surface area contributed by atoms with Gasteiger partial charge in [-0.1, -0.05) is 12.8 Å². The zero-order chi connectivity index (χ0) is 6.27. The van der Waals surface area contributed by atoms with Crippen molar-refractivity contribution >= 4 is 11.8 Å². The molecule has 0 aromatic rings. The van der Waals surface area contributed by atoms with E-state index < -0.39 is 0 Å². The van der Waals surface area contributed by atoms with Crippen molar-refractivity contribution < 1.29 is 58.2 Å². The van der Waals surface area contributed by atoms with Gasteiger partial charge in [-0.05, 0) is 11.7 Å². The van der Waals surface area contributed by atoms with Crippen LogP contribution in [0.25, 0.3) is 5.32 Å². The van der Waals surface area contributed by atoms with Gasteiger partial charge in [0.25, 0.3) is 0 Å². The first-order valence-electron chi connectivity index (χ1n) is 3.43. The number of fused-ring (bicyclic) bond motifs is 1. The van der Waals surface area contributed by atoms with Crippen molar-refractivity contribution in [3.63, 3.8) is 0 Å². The van der Waals surface area contributed by atoms with Gasteiger partial charge < -0.3 is 5.32 Å². The van der Waals surface area contributed by atoms with Gasteiger partial charge in [-0.2, -0.15) is 0 Å². The summed E-state index contributed by atoms with van der Waals surface area (Å²) >= 11 is 1.87. The van der Waals surface area contributed by atoms with Gasteiger partial charge in [0.05, 0.1) is 0 Å². The van der Waals surface area contributed by atoms with Crippen LogP contribution in [-0.2, 0) is 0 Å². The van der Waals surface area contributed by atoms with Gasteiger partial charge in [-0.3, -0.25) is 0 Å². The van der Waals surface area contributed by atoms with Crippen molar-refractivity contribution in [1.82, 2.24) is 0 Å². The van der Waals surface area contributed by atoms with Crippen LogP contribution in [0.2, 0.25) is 0 Å². The second-order valence-electron chi connectivity index (χ2n) is 2.68. The first-order valence-corrected chi connectivity index (χ1v) is 4.30. The van der Waals surface area contributed by atoms with E-state index in [0.717, 1.165) is 10.3 Å². The molecule has 0 aromatic heterocycles. The molecular formula is C7H10NRbS. The number of hydrogen-bond donors (Lipinski definition) is 0. The van der Waals surface area contributed by atoms with Gasteiger partial charge in [0.1, 0.15) is 0 Å². The Balaban J connectivity index is 0.000000500. The molecule has 0 radical (unpaired) electrons. The van der Waals surface area contributed by atoms with Crippen LogP contribution in [0, 0.1) is 0 Å². The van der Waals surface area contributed by atoms with Crippen molar-refractivity contribution in [3.8, 4) is 0 Å². The Morgan fingerprint density at radius 2 is 2.30 bits per heavy atom. The van der Waals surface area contributed by atoms with Crippen molar-refractivity contribution in [2.24, 2.45) is 0 Å². The van der Waals surface area contributed by atoms with Crippen LogP contribution in [-0.4, -0.2) is 11.3 Å². The van der Waals surface area contributed by atoms with E-state index in [-0.39, 0.29) is 58.2 Å². The van der Waals surface area contributed by atoms with E-state index in [1.807, 2.05) is 11.8 Å². The van der Waals surface area contributed by atoms with Crippen LogP contribution in [0.1, 0.15) is 19.3 Å². The maximum Gasteiger partial charge on any atom is 1.00 e. The molecule has 0 amide bonds. The summed E-state index contributed by atoms with van der Waals surface area (Å²) < 4.78 is 0. The maximum absolute atomic E-state index is 4.42. The van der Waals surface area contributed by atoms with E-state index in [2.05, 4.69) is 11.9 Å². The maximum atomic E-state index is 4.42. The first kappa shape index (κ1) is 9.78. The normalized spacial score (nSPS) is 36.6. The van der Waals surface area contributed by atoms with E-state index >= 15 is 0 Å². The summed E-state index contributed by atoms with van der Waals surface area (Å²) in [6.45, 7) is 3.83. The van der Waals surface area contributed by atoms with Crippen LogP contribution in [0.3, 0.4) is 0 Å². The summed E-state index contributed by atoms with van der Waals surface area (Å²) in [6, 6.07) is 0.641. The average Bonchev–Trinajstić information content (AvgIpc) is 2.22. The van der Waals surface area contributed by atoms with Gasteiger partial charge in [0, 0.05) is 0 Å². The molecule has 1 saturated carbocycles. The molecule has 50 valence electrons. The Bertz CT molecular complexity index is 135.